The number of allylic oxidation sites excluding steroid dienone is 1. The lowest BCUT2D eigenvalue weighted by atomic mass is 9.94. The van der Waals surface area contributed by atoms with Gasteiger partial charge in [-0.15, -0.1) is 0 Å². The van der Waals surface area contributed by atoms with Crippen LogP contribution < -0.4 is 16.0 Å². The minimum atomic E-state index is -0.550. The van der Waals surface area contributed by atoms with E-state index in [0.29, 0.717) is 16.3 Å². The highest BCUT2D eigenvalue weighted by Crippen LogP contribution is 2.29. The number of amides is 3. The molecule has 26 heavy (non-hydrogen) atoms. The van der Waals surface area contributed by atoms with E-state index < -0.39 is 6.04 Å². The average molecular weight is 370 g/mol. The maximum absolute atomic E-state index is 13.0. The Kier molecular flexibility index (Phi) is 5.00. The summed E-state index contributed by atoms with van der Waals surface area (Å²) in [5.41, 5.74) is 4.56. The molecule has 1 atom stereocenters. The van der Waals surface area contributed by atoms with E-state index in [2.05, 4.69) is 16.0 Å². The van der Waals surface area contributed by atoms with E-state index in [4.69, 9.17) is 11.6 Å². The first-order chi connectivity index (χ1) is 12.3. The molecule has 0 bridgehead atoms. The average Bonchev–Trinajstić information content (AvgIpc) is 2.58. The Morgan fingerprint density at radius 3 is 2.46 bits per heavy atom. The van der Waals surface area contributed by atoms with Gasteiger partial charge in [-0.3, -0.25) is 4.79 Å². The second-order valence-electron chi connectivity index (χ2n) is 6.39. The van der Waals surface area contributed by atoms with Gasteiger partial charge in [0.2, 0.25) is 0 Å². The molecule has 2 aromatic carbocycles. The number of anilines is 1. The summed E-state index contributed by atoms with van der Waals surface area (Å²) in [4.78, 5) is 24.9. The van der Waals surface area contributed by atoms with Crippen molar-refractivity contribution >= 4 is 29.2 Å². The van der Waals surface area contributed by atoms with Crippen LogP contribution in [0.3, 0.4) is 0 Å². The van der Waals surface area contributed by atoms with Crippen molar-refractivity contribution in [2.75, 3.05) is 5.32 Å². The van der Waals surface area contributed by atoms with Crippen molar-refractivity contribution < 1.29 is 9.59 Å². The zero-order chi connectivity index (χ0) is 18.8. The number of hydrogen-bond donors (Lipinski definition) is 3. The van der Waals surface area contributed by atoms with E-state index >= 15 is 0 Å². The largest absolute Gasteiger partial charge is 0.327 e. The number of halogens is 1. The van der Waals surface area contributed by atoms with E-state index in [1.807, 2.05) is 32.0 Å². The number of aryl methyl sites for hydroxylation is 2. The van der Waals surface area contributed by atoms with Crippen molar-refractivity contribution in [3.05, 3.63) is 75.4 Å². The molecule has 3 rings (SSSR count). The van der Waals surface area contributed by atoms with Gasteiger partial charge < -0.3 is 16.0 Å². The molecule has 1 aliphatic rings. The maximum atomic E-state index is 13.0. The monoisotopic (exact) mass is 369 g/mol. The Bertz CT molecular complexity index is 904. The zero-order valence-corrected chi connectivity index (χ0v) is 15.6. The molecule has 0 spiro atoms. The minimum absolute atomic E-state index is 0.261. The molecule has 3 amide bonds. The topological polar surface area (TPSA) is 70.2 Å². The lowest BCUT2D eigenvalue weighted by Crippen LogP contribution is -2.46. The van der Waals surface area contributed by atoms with E-state index in [1.165, 1.54) is 0 Å². The van der Waals surface area contributed by atoms with Gasteiger partial charge in [-0.2, -0.15) is 0 Å². The van der Waals surface area contributed by atoms with Gasteiger partial charge in [-0.25, -0.2) is 4.79 Å². The molecule has 5 nitrogen and oxygen atoms in total. The molecule has 0 aromatic heterocycles. The number of nitrogens with one attached hydrogen (secondary N) is 3. The van der Waals surface area contributed by atoms with Gasteiger partial charge in [-0.05, 0) is 55.7 Å². The van der Waals surface area contributed by atoms with Gasteiger partial charge in [0.1, 0.15) is 0 Å². The van der Waals surface area contributed by atoms with Gasteiger partial charge in [0.25, 0.3) is 5.91 Å². The highest BCUT2D eigenvalue weighted by molar-refractivity contribution is 6.30. The van der Waals surface area contributed by atoms with Gasteiger partial charge in [-0.1, -0.05) is 35.9 Å². The summed E-state index contributed by atoms with van der Waals surface area (Å²) in [6, 6.07) is 12.1. The zero-order valence-electron chi connectivity index (χ0n) is 14.8. The number of hydrogen-bond acceptors (Lipinski definition) is 2. The van der Waals surface area contributed by atoms with Gasteiger partial charge >= 0.3 is 6.03 Å². The first-order valence-electron chi connectivity index (χ1n) is 8.27. The van der Waals surface area contributed by atoms with Crippen LogP contribution in [0.15, 0.2) is 53.7 Å². The molecule has 134 valence electrons. The first kappa shape index (κ1) is 18.0. The molecule has 0 saturated heterocycles. The molecule has 1 aliphatic heterocycles. The Labute approximate surface area is 157 Å². The van der Waals surface area contributed by atoms with Crippen LogP contribution >= 0.6 is 11.6 Å². The van der Waals surface area contributed by atoms with Crippen LogP contribution in [-0.4, -0.2) is 11.9 Å². The quantitative estimate of drug-likeness (QED) is 0.757. The van der Waals surface area contributed by atoms with Gasteiger partial charge in [0, 0.05) is 16.4 Å². The Morgan fingerprint density at radius 2 is 1.77 bits per heavy atom. The summed E-state index contributed by atoms with van der Waals surface area (Å²) in [6.07, 6.45) is 0. The van der Waals surface area contributed by atoms with Crippen LogP contribution in [0.1, 0.15) is 29.7 Å². The second kappa shape index (κ2) is 7.22. The summed E-state index contributed by atoms with van der Waals surface area (Å²) in [6.45, 7) is 5.63. The Balaban J connectivity index is 1.96. The van der Waals surface area contributed by atoms with Crippen LogP contribution in [-0.2, 0) is 4.79 Å². The Morgan fingerprint density at radius 1 is 1.08 bits per heavy atom. The summed E-state index contributed by atoms with van der Waals surface area (Å²) >= 11 is 5.96. The number of rotatable bonds is 3. The van der Waals surface area contributed by atoms with Gasteiger partial charge in [0.05, 0.1) is 11.6 Å². The first-order valence-corrected chi connectivity index (χ1v) is 8.65. The number of urea groups is 1. The molecular weight excluding hydrogens is 350 g/mol. The van der Waals surface area contributed by atoms with E-state index in [-0.39, 0.29) is 11.9 Å². The fraction of sp³-hybridized carbons (Fsp3) is 0.200. The fourth-order valence-electron chi connectivity index (χ4n) is 2.96. The van der Waals surface area contributed by atoms with Crippen LogP contribution in [0.25, 0.3) is 0 Å². The number of benzene rings is 2. The third-order valence-electron chi connectivity index (χ3n) is 4.36. The molecule has 1 heterocycles. The fourth-order valence-corrected chi connectivity index (χ4v) is 3.09. The van der Waals surface area contributed by atoms with Crippen molar-refractivity contribution in [1.29, 1.82) is 0 Å². The third-order valence-corrected chi connectivity index (χ3v) is 4.61. The van der Waals surface area contributed by atoms with Gasteiger partial charge in [0.15, 0.2) is 0 Å². The number of carbonyl (C=O) groups excluding carboxylic acids is 2. The molecule has 6 heteroatoms. The third kappa shape index (κ3) is 3.73. The summed E-state index contributed by atoms with van der Waals surface area (Å²) in [7, 11) is 0. The van der Waals surface area contributed by atoms with E-state index in [9.17, 15) is 9.59 Å². The van der Waals surface area contributed by atoms with Crippen molar-refractivity contribution in [2.45, 2.75) is 26.8 Å². The standard InChI is InChI=1S/C20H20ClN3O2/c1-11-4-5-12(2)16(10-11)23-19(25)17-13(3)22-20(26)24-18(17)14-6-8-15(21)9-7-14/h4-10,18H,1-3H3,(H,23,25)(H2,22,24,26)/t18-/m0/s1. The predicted octanol–water partition coefficient (Wildman–Crippen LogP) is 4.22. The number of carbonyl (C=O) groups is 2. The van der Waals surface area contributed by atoms with E-state index in [0.717, 1.165) is 22.4 Å². The molecule has 0 fully saturated rings. The van der Waals surface area contributed by atoms with Crippen LogP contribution in [0.5, 0.6) is 0 Å². The summed E-state index contributed by atoms with van der Waals surface area (Å²) in [5.74, 6) is -0.261. The minimum Gasteiger partial charge on any atom is -0.327 e. The molecule has 0 unspecified atom stereocenters. The molecule has 0 radical (unpaired) electrons. The molecule has 3 N–H and O–H groups in total. The molecular formula is C20H20ClN3O2. The molecule has 0 saturated carbocycles. The highest BCUT2D eigenvalue weighted by Gasteiger charge is 2.31. The highest BCUT2D eigenvalue weighted by atomic mass is 35.5. The second-order valence-corrected chi connectivity index (χ2v) is 6.83. The lowest BCUT2D eigenvalue weighted by Gasteiger charge is -2.29. The van der Waals surface area contributed by atoms with E-state index in [1.54, 1.807) is 31.2 Å². The van der Waals surface area contributed by atoms with Crippen molar-refractivity contribution in [1.82, 2.24) is 10.6 Å². The van der Waals surface area contributed by atoms with Crippen molar-refractivity contribution in [2.24, 2.45) is 0 Å². The lowest BCUT2D eigenvalue weighted by molar-refractivity contribution is -0.113. The van der Waals surface area contributed by atoms with Crippen LogP contribution in [0.4, 0.5) is 10.5 Å². The van der Waals surface area contributed by atoms with Crippen LogP contribution in [0, 0.1) is 13.8 Å². The normalized spacial score (nSPS) is 16.8. The smallest absolute Gasteiger partial charge is 0.319 e. The van der Waals surface area contributed by atoms with Crippen molar-refractivity contribution in [3.8, 4) is 0 Å². The summed E-state index contributed by atoms with van der Waals surface area (Å²) < 4.78 is 0. The maximum Gasteiger partial charge on any atom is 0.319 e. The summed E-state index contributed by atoms with van der Waals surface area (Å²) in [5, 5.41) is 9.05. The Hall–Kier alpha value is -2.79. The predicted molar refractivity (Wildman–Crippen MR) is 103 cm³/mol. The molecule has 0 aliphatic carbocycles. The van der Waals surface area contributed by atoms with Crippen LogP contribution in [0.2, 0.25) is 5.02 Å². The molecule has 2 aromatic rings. The van der Waals surface area contributed by atoms with Crippen molar-refractivity contribution in [3.63, 3.8) is 0 Å². The SMILES string of the molecule is CC1=C(C(=O)Nc2cc(C)ccc2C)[C@H](c2ccc(Cl)cc2)NC(=O)N1.